The smallest absolute Gasteiger partial charge is 0.307 e. The Morgan fingerprint density at radius 2 is 1.86 bits per heavy atom. The van der Waals surface area contributed by atoms with Crippen molar-refractivity contribution in [3.05, 3.63) is 78.3 Å². The van der Waals surface area contributed by atoms with E-state index in [2.05, 4.69) is 15.8 Å². The van der Waals surface area contributed by atoms with Crippen molar-refractivity contribution in [3.8, 4) is 11.5 Å². The summed E-state index contributed by atoms with van der Waals surface area (Å²) in [4.78, 5) is 23.7. The molecule has 2 amide bonds. The number of carbonyl (C=O) groups excluding carboxylic acids is 2. The van der Waals surface area contributed by atoms with Crippen molar-refractivity contribution in [1.29, 1.82) is 0 Å². The fourth-order valence-electron chi connectivity index (χ4n) is 2.36. The number of carbonyl (C=O) groups is 2. The number of hydrogen-bond acceptors (Lipinski definition) is 6. The number of ether oxygens (including phenoxy) is 2. The first-order chi connectivity index (χ1) is 14.2. The minimum Gasteiger partial charge on any atom is -0.495 e. The van der Waals surface area contributed by atoms with Gasteiger partial charge in [0, 0.05) is 0 Å². The summed E-state index contributed by atoms with van der Waals surface area (Å²) in [6.45, 7) is -0.148. The van der Waals surface area contributed by atoms with Crippen LogP contribution in [0.1, 0.15) is 16.1 Å². The minimum atomic E-state index is -0.438. The highest BCUT2D eigenvalue weighted by atomic mass is 16.5. The molecule has 0 atom stereocenters. The largest absolute Gasteiger partial charge is 0.495 e. The Kier molecular flexibility index (Phi) is 6.62. The second kappa shape index (κ2) is 9.75. The predicted octanol–water partition coefficient (Wildman–Crippen LogP) is 3.07. The lowest BCUT2D eigenvalue weighted by Gasteiger charge is -2.10. The maximum Gasteiger partial charge on any atom is 0.307 e. The van der Waals surface area contributed by atoms with Gasteiger partial charge in [-0.2, -0.15) is 5.10 Å². The van der Waals surface area contributed by atoms with Crippen molar-refractivity contribution in [2.24, 2.45) is 5.10 Å². The van der Waals surface area contributed by atoms with E-state index >= 15 is 0 Å². The normalized spacial score (nSPS) is 10.5. The van der Waals surface area contributed by atoms with Gasteiger partial charge in [-0.15, -0.1) is 0 Å². The molecule has 0 aliphatic heterocycles. The number of anilines is 1. The molecule has 0 aliphatic carbocycles. The second-order valence-electron chi connectivity index (χ2n) is 5.78. The summed E-state index contributed by atoms with van der Waals surface area (Å²) in [6.07, 6.45) is 2.90. The van der Waals surface area contributed by atoms with Crippen molar-refractivity contribution in [2.45, 2.75) is 0 Å². The third kappa shape index (κ3) is 5.70. The molecule has 8 heteroatoms. The number of benzene rings is 2. The molecule has 0 unspecified atom stereocenters. The van der Waals surface area contributed by atoms with Crippen LogP contribution in [0.15, 0.2) is 76.4 Å². The van der Waals surface area contributed by atoms with Gasteiger partial charge in [0.05, 0.1) is 25.3 Å². The Morgan fingerprint density at radius 1 is 1.07 bits per heavy atom. The number of hydrogen-bond donors (Lipinski definition) is 2. The number of nitrogens with one attached hydrogen (secondary N) is 2. The van der Waals surface area contributed by atoms with E-state index < -0.39 is 5.91 Å². The Labute approximate surface area is 167 Å². The summed E-state index contributed by atoms with van der Waals surface area (Å²) in [5.74, 6) is 0.533. The van der Waals surface area contributed by atoms with E-state index in [0.29, 0.717) is 17.2 Å². The highest BCUT2D eigenvalue weighted by Gasteiger charge is 2.08. The quantitative estimate of drug-likeness (QED) is 0.452. The number of methoxy groups -OCH3 is 1. The predicted molar refractivity (Wildman–Crippen MR) is 107 cm³/mol. The van der Waals surface area contributed by atoms with E-state index in [1.807, 2.05) is 6.07 Å². The number of amides is 2. The Morgan fingerprint density at radius 3 is 2.59 bits per heavy atom. The molecule has 0 saturated carbocycles. The lowest BCUT2D eigenvalue weighted by atomic mass is 10.2. The van der Waals surface area contributed by atoms with Gasteiger partial charge in [0.1, 0.15) is 11.5 Å². The third-order valence-corrected chi connectivity index (χ3v) is 3.76. The van der Waals surface area contributed by atoms with Crippen molar-refractivity contribution in [1.82, 2.24) is 5.43 Å². The van der Waals surface area contributed by atoms with Crippen molar-refractivity contribution in [2.75, 3.05) is 19.0 Å². The molecule has 29 heavy (non-hydrogen) atoms. The van der Waals surface area contributed by atoms with E-state index in [1.165, 1.54) is 19.6 Å². The maximum atomic E-state index is 12.1. The summed E-state index contributed by atoms with van der Waals surface area (Å²) in [5.41, 5.74) is 3.68. The van der Waals surface area contributed by atoms with E-state index in [1.54, 1.807) is 54.6 Å². The first kappa shape index (κ1) is 19.7. The molecule has 0 fully saturated rings. The Bertz CT molecular complexity index is 982. The minimum absolute atomic E-state index is 0.148. The average molecular weight is 393 g/mol. The van der Waals surface area contributed by atoms with Crippen molar-refractivity contribution in [3.63, 3.8) is 0 Å². The van der Waals surface area contributed by atoms with Crippen molar-refractivity contribution >= 4 is 23.7 Å². The summed E-state index contributed by atoms with van der Waals surface area (Å²) in [5, 5.41) is 6.60. The van der Waals surface area contributed by atoms with Gasteiger partial charge in [-0.3, -0.25) is 9.59 Å². The van der Waals surface area contributed by atoms with Crippen LogP contribution in [0, 0.1) is 0 Å². The molecule has 3 rings (SSSR count). The zero-order valence-electron chi connectivity index (χ0n) is 15.6. The molecule has 0 bridgehead atoms. The van der Waals surface area contributed by atoms with Gasteiger partial charge in [-0.05, 0) is 54.1 Å². The lowest BCUT2D eigenvalue weighted by molar-refractivity contribution is -0.118. The molecular weight excluding hydrogens is 374 g/mol. The van der Waals surface area contributed by atoms with Crippen LogP contribution in [0.5, 0.6) is 11.5 Å². The summed E-state index contributed by atoms with van der Waals surface area (Å²) in [7, 11) is 1.54. The van der Waals surface area contributed by atoms with Gasteiger partial charge in [0.15, 0.2) is 12.4 Å². The summed E-state index contributed by atoms with van der Waals surface area (Å²) >= 11 is 0. The zero-order valence-corrected chi connectivity index (χ0v) is 15.6. The monoisotopic (exact) mass is 393 g/mol. The van der Waals surface area contributed by atoms with Crippen LogP contribution in [0.3, 0.4) is 0 Å². The van der Waals surface area contributed by atoms with Gasteiger partial charge < -0.3 is 19.2 Å². The highest BCUT2D eigenvalue weighted by molar-refractivity contribution is 5.93. The van der Waals surface area contributed by atoms with Crippen LogP contribution in [-0.4, -0.2) is 31.7 Å². The van der Waals surface area contributed by atoms with Crippen LogP contribution >= 0.6 is 0 Å². The van der Waals surface area contributed by atoms with Crippen LogP contribution < -0.4 is 20.2 Å². The molecule has 8 nitrogen and oxygen atoms in total. The molecule has 2 N–H and O–H groups in total. The lowest BCUT2D eigenvalue weighted by Crippen LogP contribution is -2.20. The molecule has 0 radical (unpaired) electrons. The number of rotatable bonds is 8. The molecule has 3 aromatic rings. The molecule has 148 valence electrons. The molecule has 0 saturated heterocycles. The van der Waals surface area contributed by atoms with Gasteiger partial charge in [0.2, 0.25) is 0 Å². The molecular formula is C21H19N3O5. The van der Waals surface area contributed by atoms with Gasteiger partial charge >= 0.3 is 5.91 Å². The Hall–Kier alpha value is -4.07. The standard InChI is InChI=1S/C21H19N3O5/c1-27-18-6-3-2-5-17(18)23-20(25)14-29-16-10-8-15(9-11-16)13-22-24-21(26)19-7-4-12-28-19/h2-13H,14H2,1H3,(H,23,25)(H,24,26)/b22-13+. The number of furan rings is 1. The number of para-hydroxylation sites is 2. The van der Waals surface area contributed by atoms with Crippen LogP contribution in [0.25, 0.3) is 0 Å². The summed E-state index contributed by atoms with van der Waals surface area (Å²) in [6, 6.07) is 17.2. The van der Waals surface area contributed by atoms with Crippen molar-refractivity contribution < 1.29 is 23.5 Å². The van der Waals surface area contributed by atoms with Crippen LogP contribution in [-0.2, 0) is 4.79 Å². The zero-order chi connectivity index (χ0) is 20.5. The van der Waals surface area contributed by atoms with Crippen LogP contribution in [0.4, 0.5) is 5.69 Å². The maximum absolute atomic E-state index is 12.1. The van der Waals surface area contributed by atoms with Crippen LogP contribution in [0.2, 0.25) is 0 Å². The average Bonchev–Trinajstić information content (AvgIpc) is 3.28. The molecule has 0 aliphatic rings. The Balaban J connectivity index is 1.47. The molecule has 2 aromatic carbocycles. The fourth-order valence-corrected chi connectivity index (χ4v) is 2.36. The number of nitrogens with zero attached hydrogens (tertiary/aromatic N) is 1. The molecule has 1 heterocycles. The topological polar surface area (TPSA) is 102 Å². The SMILES string of the molecule is COc1ccccc1NC(=O)COc1ccc(/C=N/NC(=O)c2ccco2)cc1. The third-order valence-electron chi connectivity index (χ3n) is 3.76. The molecule has 1 aromatic heterocycles. The van der Waals surface area contributed by atoms with E-state index in [9.17, 15) is 9.59 Å². The van der Waals surface area contributed by atoms with Gasteiger partial charge in [-0.1, -0.05) is 12.1 Å². The first-order valence-electron chi connectivity index (χ1n) is 8.68. The van der Waals surface area contributed by atoms with E-state index in [4.69, 9.17) is 13.9 Å². The molecule has 0 spiro atoms. The highest BCUT2D eigenvalue weighted by Crippen LogP contribution is 2.22. The van der Waals surface area contributed by atoms with Gasteiger partial charge in [0.25, 0.3) is 5.91 Å². The summed E-state index contributed by atoms with van der Waals surface area (Å²) < 4.78 is 15.6. The second-order valence-corrected chi connectivity index (χ2v) is 5.78. The number of hydrazone groups is 1. The fraction of sp³-hybridized carbons (Fsp3) is 0.0952. The van der Waals surface area contributed by atoms with E-state index in [0.717, 1.165) is 5.56 Å². The van der Waals surface area contributed by atoms with E-state index in [-0.39, 0.29) is 18.3 Å². The first-order valence-corrected chi connectivity index (χ1v) is 8.68. The van der Waals surface area contributed by atoms with Gasteiger partial charge in [-0.25, -0.2) is 5.43 Å².